The Bertz CT molecular complexity index is 725. The van der Waals surface area contributed by atoms with E-state index in [9.17, 15) is 5.11 Å². The monoisotopic (exact) mass is 272 g/mol. The van der Waals surface area contributed by atoms with Crippen LogP contribution in [0.4, 0.5) is 0 Å². The minimum absolute atomic E-state index is 0.303. The number of hydrogen-bond donors (Lipinski definition) is 1. The Balaban J connectivity index is 1.91. The third-order valence-electron chi connectivity index (χ3n) is 2.77. The van der Waals surface area contributed by atoms with Gasteiger partial charge < -0.3 is 5.11 Å². The van der Waals surface area contributed by atoms with E-state index < -0.39 is 0 Å². The van der Waals surface area contributed by atoms with Crippen molar-refractivity contribution < 1.29 is 5.11 Å². The van der Waals surface area contributed by atoms with Crippen molar-refractivity contribution in [3.63, 3.8) is 0 Å². The SMILES string of the molecule is Cn1nnc(CSc2ccc(O)c3ccccc23)n1. The van der Waals surface area contributed by atoms with Gasteiger partial charge in [0.05, 0.1) is 12.8 Å². The molecule has 0 saturated carbocycles. The van der Waals surface area contributed by atoms with Gasteiger partial charge >= 0.3 is 0 Å². The molecule has 3 rings (SSSR count). The van der Waals surface area contributed by atoms with Crippen LogP contribution in [0.1, 0.15) is 5.82 Å². The summed E-state index contributed by atoms with van der Waals surface area (Å²) in [5.41, 5.74) is 0. The number of phenols is 1. The lowest BCUT2D eigenvalue weighted by atomic mass is 10.1. The first-order valence-electron chi connectivity index (χ1n) is 5.80. The van der Waals surface area contributed by atoms with E-state index in [4.69, 9.17) is 0 Å². The van der Waals surface area contributed by atoms with Gasteiger partial charge in [0.2, 0.25) is 0 Å². The van der Waals surface area contributed by atoms with Crippen molar-refractivity contribution in [2.24, 2.45) is 7.05 Å². The number of benzene rings is 2. The van der Waals surface area contributed by atoms with Crippen LogP contribution >= 0.6 is 11.8 Å². The van der Waals surface area contributed by atoms with Crippen LogP contribution in [-0.4, -0.2) is 25.3 Å². The molecule has 3 aromatic rings. The highest BCUT2D eigenvalue weighted by Crippen LogP contribution is 2.34. The number of tetrazole rings is 1. The number of rotatable bonds is 3. The summed E-state index contributed by atoms with van der Waals surface area (Å²) in [6, 6.07) is 11.4. The van der Waals surface area contributed by atoms with Crippen molar-refractivity contribution in [2.45, 2.75) is 10.6 Å². The molecule has 0 aliphatic rings. The molecule has 2 aromatic carbocycles. The fourth-order valence-electron chi connectivity index (χ4n) is 1.90. The fourth-order valence-corrected chi connectivity index (χ4v) is 2.80. The van der Waals surface area contributed by atoms with E-state index in [1.54, 1.807) is 24.9 Å². The second kappa shape index (κ2) is 4.89. The van der Waals surface area contributed by atoms with Crippen molar-refractivity contribution >= 4 is 22.5 Å². The molecule has 1 N–H and O–H groups in total. The van der Waals surface area contributed by atoms with Gasteiger partial charge in [-0.25, -0.2) is 0 Å². The molecule has 0 amide bonds. The molecule has 0 aliphatic heterocycles. The number of phenolic OH excluding ortho intramolecular Hbond substituents is 1. The van der Waals surface area contributed by atoms with E-state index in [2.05, 4.69) is 15.4 Å². The fraction of sp³-hybridized carbons (Fsp3) is 0.154. The molecule has 1 aromatic heterocycles. The largest absolute Gasteiger partial charge is 0.507 e. The van der Waals surface area contributed by atoms with Gasteiger partial charge in [0.1, 0.15) is 5.75 Å². The Morgan fingerprint density at radius 2 is 1.95 bits per heavy atom. The molecular weight excluding hydrogens is 260 g/mol. The quantitative estimate of drug-likeness (QED) is 0.741. The lowest BCUT2D eigenvalue weighted by Crippen LogP contribution is -1.92. The smallest absolute Gasteiger partial charge is 0.184 e. The summed E-state index contributed by atoms with van der Waals surface area (Å²) >= 11 is 1.64. The summed E-state index contributed by atoms with van der Waals surface area (Å²) in [6.45, 7) is 0. The highest BCUT2D eigenvalue weighted by atomic mass is 32.2. The molecule has 19 heavy (non-hydrogen) atoms. The highest BCUT2D eigenvalue weighted by molar-refractivity contribution is 7.98. The minimum atomic E-state index is 0.303. The molecule has 0 fully saturated rings. The first-order valence-corrected chi connectivity index (χ1v) is 6.79. The number of aromatic hydroxyl groups is 1. The standard InChI is InChI=1S/C13H12N4OS/c1-17-15-13(14-16-17)8-19-12-7-6-11(18)9-4-2-3-5-10(9)12/h2-7,18H,8H2,1H3. The van der Waals surface area contributed by atoms with E-state index >= 15 is 0 Å². The van der Waals surface area contributed by atoms with Crippen LogP contribution in [0.15, 0.2) is 41.3 Å². The van der Waals surface area contributed by atoms with E-state index in [1.807, 2.05) is 30.3 Å². The number of thioether (sulfide) groups is 1. The van der Waals surface area contributed by atoms with Gasteiger partial charge in [-0.1, -0.05) is 24.3 Å². The van der Waals surface area contributed by atoms with Crippen LogP contribution in [0, 0.1) is 0 Å². The number of nitrogens with zero attached hydrogens (tertiary/aromatic N) is 4. The Morgan fingerprint density at radius 1 is 1.16 bits per heavy atom. The van der Waals surface area contributed by atoms with Crippen LogP contribution < -0.4 is 0 Å². The summed E-state index contributed by atoms with van der Waals surface area (Å²) in [6.07, 6.45) is 0. The van der Waals surface area contributed by atoms with E-state index in [0.29, 0.717) is 17.3 Å². The summed E-state index contributed by atoms with van der Waals surface area (Å²) in [7, 11) is 1.75. The summed E-state index contributed by atoms with van der Waals surface area (Å²) < 4.78 is 0. The van der Waals surface area contributed by atoms with Crippen molar-refractivity contribution in [2.75, 3.05) is 0 Å². The van der Waals surface area contributed by atoms with Crippen LogP contribution in [-0.2, 0) is 12.8 Å². The molecule has 5 nitrogen and oxygen atoms in total. The van der Waals surface area contributed by atoms with Gasteiger partial charge in [-0.15, -0.1) is 22.0 Å². The first-order chi connectivity index (χ1) is 9.24. The first kappa shape index (κ1) is 12.0. The molecule has 0 aliphatic carbocycles. The predicted molar refractivity (Wildman–Crippen MR) is 74.0 cm³/mol. The van der Waals surface area contributed by atoms with Gasteiger partial charge in [0.25, 0.3) is 0 Å². The normalized spacial score (nSPS) is 11.0. The van der Waals surface area contributed by atoms with Crippen molar-refractivity contribution in [3.05, 3.63) is 42.2 Å². The van der Waals surface area contributed by atoms with E-state index in [0.717, 1.165) is 15.7 Å². The molecule has 6 heteroatoms. The van der Waals surface area contributed by atoms with Gasteiger partial charge in [-0.3, -0.25) is 0 Å². The Labute approximate surface area is 114 Å². The lowest BCUT2D eigenvalue weighted by molar-refractivity contribution is 0.481. The number of hydrogen-bond acceptors (Lipinski definition) is 5. The average Bonchev–Trinajstić information content (AvgIpc) is 2.84. The number of aryl methyl sites for hydroxylation is 1. The van der Waals surface area contributed by atoms with Gasteiger partial charge in [-0.05, 0) is 22.7 Å². The third kappa shape index (κ3) is 2.39. The molecule has 96 valence electrons. The van der Waals surface area contributed by atoms with Gasteiger partial charge in [0.15, 0.2) is 5.82 Å². The zero-order valence-electron chi connectivity index (χ0n) is 10.3. The summed E-state index contributed by atoms with van der Waals surface area (Å²) in [5.74, 6) is 1.66. The number of aromatic nitrogens is 4. The second-order valence-electron chi connectivity index (χ2n) is 4.11. The Morgan fingerprint density at radius 3 is 2.68 bits per heavy atom. The lowest BCUT2D eigenvalue weighted by Gasteiger charge is -2.06. The highest BCUT2D eigenvalue weighted by Gasteiger charge is 2.07. The average molecular weight is 272 g/mol. The van der Waals surface area contributed by atoms with Crippen LogP contribution in [0.25, 0.3) is 10.8 Å². The van der Waals surface area contributed by atoms with E-state index in [-0.39, 0.29) is 0 Å². The maximum atomic E-state index is 9.84. The molecule has 0 saturated heterocycles. The van der Waals surface area contributed by atoms with Gasteiger partial charge in [0, 0.05) is 10.3 Å². The molecule has 0 bridgehead atoms. The summed E-state index contributed by atoms with van der Waals surface area (Å²) in [4.78, 5) is 2.55. The summed E-state index contributed by atoms with van der Waals surface area (Å²) in [5, 5.41) is 23.7. The van der Waals surface area contributed by atoms with Crippen LogP contribution in [0.5, 0.6) is 5.75 Å². The van der Waals surface area contributed by atoms with Crippen molar-refractivity contribution in [1.29, 1.82) is 0 Å². The van der Waals surface area contributed by atoms with Crippen LogP contribution in [0.2, 0.25) is 0 Å². The Hall–Kier alpha value is -2.08. The molecule has 0 atom stereocenters. The van der Waals surface area contributed by atoms with Crippen molar-refractivity contribution in [1.82, 2.24) is 20.2 Å². The topological polar surface area (TPSA) is 63.8 Å². The minimum Gasteiger partial charge on any atom is -0.507 e. The molecular formula is C13H12N4OS. The molecule has 0 spiro atoms. The van der Waals surface area contributed by atoms with Crippen molar-refractivity contribution in [3.8, 4) is 5.75 Å². The van der Waals surface area contributed by atoms with Crippen LogP contribution in [0.3, 0.4) is 0 Å². The second-order valence-corrected chi connectivity index (χ2v) is 5.13. The molecule has 0 unspecified atom stereocenters. The maximum absolute atomic E-state index is 9.84. The third-order valence-corrected chi connectivity index (χ3v) is 3.84. The molecule has 1 heterocycles. The van der Waals surface area contributed by atoms with E-state index in [1.165, 1.54) is 4.80 Å². The maximum Gasteiger partial charge on any atom is 0.184 e. The predicted octanol–water partition coefficient (Wildman–Crippen LogP) is 2.36. The number of fused-ring (bicyclic) bond motifs is 1. The van der Waals surface area contributed by atoms with Gasteiger partial charge in [-0.2, -0.15) is 4.80 Å². The zero-order chi connectivity index (χ0) is 13.2. The Kier molecular flexibility index (Phi) is 3.08. The zero-order valence-corrected chi connectivity index (χ0v) is 11.1. The molecule has 0 radical (unpaired) electrons.